The molecule has 0 atom stereocenters. The molecule has 7 nitrogen and oxygen atoms in total. The van der Waals surface area contributed by atoms with Crippen LogP contribution in [0, 0.1) is 0 Å². The third-order valence-electron chi connectivity index (χ3n) is 4.03. The fourth-order valence-corrected chi connectivity index (χ4v) is 2.63. The van der Waals surface area contributed by atoms with Gasteiger partial charge in [-0.15, -0.1) is 0 Å². The molecule has 0 saturated heterocycles. The SMILES string of the molecule is CCOc1cc(NC(=NC)NCc2ccc(OCC(F)(F)F)c(OC)c2)ccc1OC. The highest BCUT2D eigenvalue weighted by atomic mass is 19.4. The summed E-state index contributed by atoms with van der Waals surface area (Å²) in [5.74, 6) is 1.94. The summed E-state index contributed by atoms with van der Waals surface area (Å²) >= 11 is 0. The molecule has 0 fully saturated rings. The first-order valence-corrected chi connectivity index (χ1v) is 9.44. The molecule has 170 valence electrons. The van der Waals surface area contributed by atoms with E-state index in [1.54, 1.807) is 38.4 Å². The number of rotatable bonds is 9. The van der Waals surface area contributed by atoms with Gasteiger partial charge in [0.05, 0.1) is 20.8 Å². The maximum absolute atomic E-state index is 12.4. The van der Waals surface area contributed by atoms with Gasteiger partial charge in [0.25, 0.3) is 0 Å². The largest absolute Gasteiger partial charge is 0.493 e. The number of aliphatic imine (C=N–C) groups is 1. The number of nitrogens with zero attached hydrogens (tertiary/aromatic N) is 1. The molecule has 0 spiro atoms. The number of hydrogen-bond donors (Lipinski definition) is 2. The Bertz CT molecular complexity index is 889. The zero-order chi connectivity index (χ0) is 22.9. The van der Waals surface area contributed by atoms with Crippen LogP contribution in [0.2, 0.25) is 0 Å². The Hall–Kier alpha value is -3.30. The lowest BCUT2D eigenvalue weighted by Gasteiger charge is -2.16. The summed E-state index contributed by atoms with van der Waals surface area (Å²) in [6, 6.07) is 10.1. The molecular formula is C21H26F3N3O4. The lowest BCUT2D eigenvalue weighted by Crippen LogP contribution is -2.30. The Kier molecular flexibility index (Phi) is 8.65. The van der Waals surface area contributed by atoms with Crippen molar-refractivity contribution in [2.24, 2.45) is 4.99 Å². The van der Waals surface area contributed by atoms with Crippen LogP contribution in [0.15, 0.2) is 41.4 Å². The van der Waals surface area contributed by atoms with Gasteiger partial charge in [-0.3, -0.25) is 4.99 Å². The fourth-order valence-electron chi connectivity index (χ4n) is 2.63. The van der Waals surface area contributed by atoms with Crippen molar-refractivity contribution in [2.75, 3.05) is 39.8 Å². The zero-order valence-corrected chi connectivity index (χ0v) is 17.8. The second-order valence-corrected chi connectivity index (χ2v) is 6.24. The molecule has 2 rings (SSSR count). The van der Waals surface area contributed by atoms with Crippen molar-refractivity contribution in [1.29, 1.82) is 0 Å². The van der Waals surface area contributed by atoms with Gasteiger partial charge in [0, 0.05) is 25.3 Å². The van der Waals surface area contributed by atoms with Crippen LogP contribution in [0.25, 0.3) is 0 Å². The van der Waals surface area contributed by atoms with Crippen LogP contribution in [-0.4, -0.2) is 46.6 Å². The molecule has 0 bridgehead atoms. The molecule has 31 heavy (non-hydrogen) atoms. The average molecular weight is 441 g/mol. The first kappa shape index (κ1) is 24.0. The number of anilines is 1. The minimum Gasteiger partial charge on any atom is -0.493 e. The van der Waals surface area contributed by atoms with E-state index in [-0.39, 0.29) is 11.5 Å². The van der Waals surface area contributed by atoms with Gasteiger partial charge in [0.2, 0.25) is 0 Å². The highest BCUT2D eigenvalue weighted by Gasteiger charge is 2.29. The fraction of sp³-hybridized carbons (Fsp3) is 0.381. The van der Waals surface area contributed by atoms with Crippen molar-refractivity contribution >= 4 is 11.6 Å². The molecule has 0 unspecified atom stereocenters. The van der Waals surface area contributed by atoms with Crippen LogP contribution < -0.4 is 29.6 Å². The zero-order valence-electron chi connectivity index (χ0n) is 17.8. The lowest BCUT2D eigenvalue weighted by molar-refractivity contribution is -0.153. The van der Waals surface area contributed by atoms with Gasteiger partial charge in [0.15, 0.2) is 35.6 Å². The van der Waals surface area contributed by atoms with Crippen LogP contribution in [0.4, 0.5) is 18.9 Å². The molecule has 0 aliphatic heterocycles. The van der Waals surface area contributed by atoms with Crippen LogP contribution in [0.5, 0.6) is 23.0 Å². The molecule has 2 aromatic carbocycles. The van der Waals surface area contributed by atoms with Gasteiger partial charge in [-0.2, -0.15) is 13.2 Å². The van der Waals surface area contributed by atoms with E-state index in [4.69, 9.17) is 18.9 Å². The average Bonchev–Trinajstić information content (AvgIpc) is 2.75. The predicted octanol–water partition coefficient (Wildman–Crippen LogP) is 4.23. The van der Waals surface area contributed by atoms with Gasteiger partial charge in [-0.1, -0.05) is 6.07 Å². The second kappa shape index (κ2) is 11.2. The van der Waals surface area contributed by atoms with Gasteiger partial charge in [-0.25, -0.2) is 0 Å². The lowest BCUT2D eigenvalue weighted by atomic mass is 10.2. The number of methoxy groups -OCH3 is 2. The van der Waals surface area contributed by atoms with Gasteiger partial charge in [0.1, 0.15) is 0 Å². The highest BCUT2D eigenvalue weighted by molar-refractivity contribution is 5.93. The van der Waals surface area contributed by atoms with Gasteiger partial charge < -0.3 is 29.6 Å². The van der Waals surface area contributed by atoms with Crippen LogP contribution in [-0.2, 0) is 6.54 Å². The molecule has 2 N–H and O–H groups in total. The predicted molar refractivity (Wildman–Crippen MR) is 113 cm³/mol. The number of halogens is 3. The van der Waals surface area contributed by atoms with Gasteiger partial charge >= 0.3 is 6.18 Å². The summed E-state index contributed by atoms with van der Waals surface area (Å²) in [7, 11) is 4.56. The normalized spacial score (nSPS) is 11.6. The maximum Gasteiger partial charge on any atom is 0.422 e. The molecule has 0 aromatic heterocycles. The summed E-state index contributed by atoms with van der Waals surface area (Å²) in [4.78, 5) is 4.17. The van der Waals surface area contributed by atoms with Crippen molar-refractivity contribution in [1.82, 2.24) is 5.32 Å². The van der Waals surface area contributed by atoms with Crippen LogP contribution in [0.1, 0.15) is 12.5 Å². The number of hydrogen-bond acceptors (Lipinski definition) is 5. The Balaban J connectivity index is 2.03. The number of nitrogens with one attached hydrogen (secondary N) is 2. The standard InChI is InChI=1S/C21H26F3N3O4/c1-5-30-19-11-15(7-9-16(19)28-3)27-20(25-2)26-12-14-6-8-17(18(10-14)29-4)31-13-21(22,23)24/h6-11H,5,12-13H2,1-4H3,(H2,25,26,27). The van der Waals surface area contributed by atoms with E-state index in [1.807, 2.05) is 13.0 Å². The number of benzene rings is 2. The van der Waals surface area contributed by atoms with E-state index in [1.165, 1.54) is 13.2 Å². The Morgan fingerprint density at radius 2 is 1.65 bits per heavy atom. The van der Waals surface area contributed by atoms with Crippen molar-refractivity contribution in [2.45, 2.75) is 19.6 Å². The molecule has 0 radical (unpaired) electrons. The van der Waals surface area contributed by atoms with E-state index in [2.05, 4.69) is 15.6 Å². The topological polar surface area (TPSA) is 73.3 Å². The minimum atomic E-state index is -4.42. The minimum absolute atomic E-state index is 0.0211. The van der Waals surface area contributed by atoms with Crippen molar-refractivity contribution < 1.29 is 32.1 Å². The quantitative estimate of drug-likeness (QED) is 0.448. The Morgan fingerprint density at radius 1 is 0.935 bits per heavy atom. The number of guanidine groups is 1. The first-order chi connectivity index (χ1) is 14.8. The maximum atomic E-state index is 12.4. The monoisotopic (exact) mass is 441 g/mol. The molecule has 0 saturated carbocycles. The smallest absolute Gasteiger partial charge is 0.422 e. The summed E-state index contributed by atoms with van der Waals surface area (Å²) < 4.78 is 57.9. The molecule has 0 amide bonds. The summed E-state index contributed by atoms with van der Waals surface area (Å²) in [5, 5.41) is 6.28. The molecular weight excluding hydrogens is 415 g/mol. The van der Waals surface area contributed by atoms with Crippen molar-refractivity contribution in [3.63, 3.8) is 0 Å². The summed E-state index contributed by atoms with van der Waals surface area (Å²) in [6.45, 7) is 1.35. The van der Waals surface area contributed by atoms with E-state index in [0.717, 1.165) is 11.3 Å². The second-order valence-electron chi connectivity index (χ2n) is 6.24. The van der Waals surface area contributed by atoms with Crippen LogP contribution in [0.3, 0.4) is 0 Å². The highest BCUT2D eigenvalue weighted by Crippen LogP contribution is 2.31. The Labute approximate surface area is 179 Å². The van der Waals surface area contributed by atoms with E-state index >= 15 is 0 Å². The summed E-state index contributed by atoms with van der Waals surface area (Å²) in [6.07, 6.45) is -4.42. The molecule has 0 aliphatic rings. The molecule has 0 heterocycles. The van der Waals surface area contributed by atoms with Crippen molar-refractivity contribution in [3.05, 3.63) is 42.0 Å². The van der Waals surface area contributed by atoms with Crippen molar-refractivity contribution in [3.8, 4) is 23.0 Å². The van der Waals surface area contributed by atoms with Crippen LogP contribution >= 0.6 is 0 Å². The number of ether oxygens (including phenoxy) is 4. The third-order valence-corrected chi connectivity index (χ3v) is 4.03. The number of alkyl halides is 3. The third kappa shape index (κ3) is 7.47. The van der Waals surface area contributed by atoms with Gasteiger partial charge in [-0.05, 0) is 36.8 Å². The Morgan fingerprint density at radius 3 is 2.26 bits per heavy atom. The first-order valence-electron chi connectivity index (χ1n) is 9.44. The van der Waals surface area contributed by atoms with E-state index < -0.39 is 12.8 Å². The molecule has 0 aliphatic carbocycles. The van der Waals surface area contributed by atoms with E-state index in [0.29, 0.717) is 30.6 Å². The molecule has 2 aromatic rings. The molecule has 10 heteroatoms. The van der Waals surface area contributed by atoms with E-state index in [9.17, 15) is 13.2 Å². The summed E-state index contributed by atoms with van der Waals surface area (Å²) in [5.41, 5.74) is 1.51.